The van der Waals surface area contributed by atoms with E-state index in [9.17, 15) is 18.0 Å². The standard InChI is InChI=1S/C21H13BrF3N5O/c22-15-5-1-3-13(9-15)20(31)28-16-6-7-19(27-12-16)30-18(21(23,24)25)10-17(29-30)14-4-2-8-26-11-14/h1-12H,(H,28,31). The van der Waals surface area contributed by atoms with Crippen molar-refractivity contribution in [3.8, 4) is 17.1 Å². The fourth-order valence-electron chi connectivity index (χ4n) is 2.83. The van der Waals surface area contributed by atoms with E-state index in [1.54, 1.807) is 36.4 Å². The van der Waals surface area contributed by atoms with Gasteiger partial charge >= 0.3 is 6.18 Å². The van der Waals surface area contributed by atoms with Crippen LogP contribution in [0.15, 0.2) is 77.7 Å². The van der Waals surface area contributed by atoms with Crippen LogP contribution in [0, 0.1) is 0 Å². The normalized spacial score (nSPS) is 11.4. The van der Waals surface area contributed by atoms with E-state index in [-0.39, 0.29) is 17.4 Å². The highest BCUT2D eigenvalue weighted by Gasteiger charge is 2.36. The molecule has 0 radical (unpaired) electrons. The van der Waals surface area contributed by atoms with Gasteiger partial charge in [-0.3, -0.25) is 9.78 Å². The molecule has 0 aliphatic rings. The number of rotatable bonds is 4. The van der Waals surface area contributed by atoms with Crippen molar-refractivity contribution in [1.29, 1.82) is 0 Å². The van der Waals surface area contributed by atoms with Gasteiger partial charge in [0.1, 0.15) is 0 Å². The Hall–Kier alpha value is -3.53. The topological polar surface area (TPSA) is 72.7 Å². The fourth-order valence-corrected chi connectivity index (χ4v) is 3.23. The van der Waals surface area contributed by atoms with E-state index in [0.29, 0.717) is 16.8 Å². The molecular weight excluding hydrogens is 475 g/mol. The molecule has 10 heteroatoms. The minimum atomic E-state index is -4.64. The predicted molar refractivity (Wildman–Crippen MR) is 112 cm³/mol. The molecule has 6 nitrogen and oxygen atoms in total. The molecule has 0 aliphatic carbocycles. The lowest BCUT2D eigenvalue weighted by atomic mass is 10.2. The first-order valence-corrected chi connectivity index (χ1v) is 9.71. The highest BCUT2D eigenvalue weighted by Crippen LogP contribution is 2.33. The summed E-state index contributed by atoms with van der Waals surface area (Å²) in [5.41, 5.74) is 0.358. The van der Waals surface area contributed by atoms with Gasteiger partial charge in [0.05, 0.1) is 17.6 Å². The zero-order valence-electron chi connectivity index (χ0n) is 15.6. The highest BCUT2D eigenvalue weighted by atomic mass is 79.9. The lowest BCUT2D eigenvalue weighted by Gasteiger charge is -2.10. The third kappa shape index (κ3) is 4.64. The fraction of sp³-hybridized carbons (Fsp3) is 0.0476. The average Bonchev–Trinajstić information content (AvgIpc) is 3.21. The van der Waals surface area contributed by atoms with Crippen molar-refractivity contribution >= 4 is 27.5 Å². The maximum absolute atomic E-state index is 13.6. The first-order chi connectivity index (χ1) is 14.8. The first-order valence-electron chi connectivity index (χ1n) is 8.92. The van der Waals surface area contributed by atoms with Crippen molar-refractivity contribution in [1.82, 2.24) is 19.7 Å². The Morgan fingerprint density at radius 2 is 1.87 bits per heavy atom. The van der Waals surface area contributed by atoms with E-state index in [4.69, 9.17) is 0 Å². The molecule has 0 fully saturated rings. The monoisotopic (exact) mass is 487 g/mol. The maximum atomic E-state index is 13.6. The Labute approximate surface area is 182 Å². The summed E-state index contributed by atoms with van der Waals surface area (Å²) in [5.74, 6) is -0.410. The van der Waals surface area contributed by atoms with Crippen LogP contribution in [-0.2, 0) is 6.18 Å². The van der Waals surface area contributed by atoms with E-state index in [2.05, 4.69) is 36.3 Å². The van der Waals surface area contributed by atoms with E-state index in [0.717, 1.165) is 15.2 Å². The number of anilines is 1. The second-order valence-corrected chi connectivity index (χ2v) is 7.35. The minimum Gasteiger partial charge on any atom is -0.321 e. The number of carbonyl (C=O) groups excluding carboxylic acids is 1. The average molecular weight is 488 g/mol. The summed E-state index contributed by atoms with van der Waals surface area (Å²) in [6, 6.07) is 13.8. The molecule has 3 aromatic heterocycles. The molecule has 3 heterocycles. The molecule has 0 aliphatic heterocycles. The highest BCUT2D eigenvalue weighted by molar-refractivity contribution is 9.10. The summed E-state index contributed by atoms with van der Waals surface area (Å²) >= 11 is 3.29. The van der Waals surface area contributed by atoms with Crippen LogP contribution in [0.4, 0.5) is 18.9 Å². The largest absolute Gasteiger partial charge is 0.433 e. The SMILES string of the molecule is O=C(Nc1ccc(-n2nc(-c3cccnc3)cc2C(F)(F)F)nc1)c1cccc(Br)c1. The molecule has 0 bridgehead atoms. The summed E-state index contributed by atoms with van der Waals surface area (Å²) in [6.07, 6.45) is -0.409. The van der Waals surface area contributed by atoms with Crippen LogP contribution in [-0.4, -0.2) is 25.7 Å². The van der Waals surface area contributed by atoms with Gasteiger partial charge in [0.25, 0.3) is 5.91 Å². The van der Waals surface area contributed by atoms with Crippen LogP contribution in [0.1, 0.15) is 16.1 Å². The van der Waals surface area contributed by atoms with Gasteiger partial charge in [-0.05, 0) is 48.5 Å². The van der Waals surface area contributed by atoms with Crippen molar-refractivity contribution in [2.45, 2.75) is 6.18 Å². The van der Waals surface area contributed by atoms with Gasteiger partial charge in [-0.2, -0.15) is 18.3 Å². The second-order valence-electron chi connectivity index (χ2n) is 6.44. The molecule has 31 heavy (non-hydrogen) atoms. The molecule has 1 amide bonds. The van der Waals surface area contributed by atoms with Crippen LogP contribution in [0.25, 0.3) is 17.1 Å². The summed E-state index contributed by atoms with van der Waals surface area (Å²) in [7, 11) is 0. The van der Waals surface area contributed by atoms with Gasteiger partial charge in [0.2, 0.25) is 0 Å². The molecule has 1 aromatic carbocycles. The molecule has 0 spiro atoms. The molecule has 4 aromatic rings. The van der Waals surface area contributed by atoms with Gasteiger partial charge < -0.3 is 5.32 Å². The molecular formula is C21H13BrF3N5O. The van der Waals surface area contributed by atoms with E-state index < -0.39 is 11.9 Å². The maximum Gasteiger partial charge on any atom is 0.433 e. The molecule has 0 saturated carbocycles. The van der Waals surface area contributed by atoms with Gasteiger partial charge in [-0.25, -0.2) is 9.67 Å². The number of benzene rings is 1. The van der Waals surface area contributed by atoms with Gasteiger partial charge in [-0.1, -0.05) is 22.0 Å². The Morgan fingerprint density at radius 1 is 1.03 bits per heavy atom. The van der Waals surface area contributed by atoms with Crippen molar-refractivity contribution < 1.29 is 18.0 Å². The number of carbonyl (C=O) groups is 1. The smallest absolute Gasteiger partial charge is 0.321 e. The summed E-state index contributed by atoms with van der Waals surface area (Å²) in [4.78, 5) is 20.3. The Bertz CT molecular complexity index is 1220. The minimum absolute atomic E-state index is 0.0390. The molecule has 1 N–H and O–H groups in total. The Kier molecular flexibility index (Phi) is 5.55. The number of nitrogens with zero attached hydrogens (tertiary/aromatic N) is 4. The van der Waals surface area contributed by atoms with E-state index >= 15 is 0 Å². The Balaban J connectivity index is 1.63. The predicted octanol–water partition coefficient (Wildman–Crippen LogP) is 5.36. The lowest BCUT2D eigenvalue weighted by Crippen LogP contribution is -2.15. The zero-order chi connectivity index (χ0) is 22.0. The van der Waals surface area contributed by atoms with Crippen molar-refractivity contribution in [2.75, 3.05) is 5.32 Å². The van der Waals surface area contributed by atoms with Gasteiger partial charge in [0, 0.05) is 28.0 Å². The van der Waals surface area contributed by atoms with Crippen molar-refractivity contribution in [3.05, 3.63) is 88.9 Å². The first kappa shape index (κ1) is 20.7. The summed E-state index contributed by atoms with van der Waals surface area (Å²) < 4.78 is 42.2. The summed E-state index contributed by atoms with van der Waals surface area (Å²) in [6.45, 7) is 0. The molecule has 4 rings (SSSR count). The molecule has 0 atom stereocenters. The van der Waals surface area contributed by atoms with Crippen LogP contribution >= 0.6 is 15.9 Å². The number of hydrogen-bond donors (Lipinski definition) is 1. The third-order valence-electron chi connectivity index (χ3n) is 4.27. The van der Waals surface area contributed by atoms with E-state index in [1.807, 2.05) is 0 Å². The van der Waals surface area contributed by atoms with Crippen LogP contribution in [0.3, 0.4) is 0 Å². The van der Waals surface area contributed by atoms with E-state index in [1.165, 1.54) is 30.7 Å². The number of alkyl halides is 3. The lowest BCUT2D eigenvalue weighted by molar-refractivity contribution is -0.142. The van der Waals surface area contributed by atoms with Crippen LogP contribution < -0.4 is 5.32 Å². The van der Waals surface area contributed by atoms with Crippen molar-refractivity contribution in [3.63, 3.8) is 0 Å². The van der Waals surface area contributed by atoms with Crippen LogP contribution in [0.5, 0.6) is 0 Å². The number of halogens is 4. The number of hydrogen-bond acceptors (Lipinski definition) is 4. The molecule has 156 valence electrons. The third-order valence-corrected chi connectivity index (χ3v) is 4.76. The molecule has 0 unspecified atom stereocenters. The number of pyridine rings is 2. The van der Waals surface area contributed by atoms with Crippen LogP contribution in [0.2, 0.25) is 0 Å². The van der Waals surface area contributed by atoms with Crippen molar-refractivity contribution in [2.24, 2.45) is 0 Å². The number of amides is 1. The second kappa shape index (κ2) is 8.31. The quantitative estimate of drug-likeness (QED) is 0.420. The number of nitrogens with one attached hydrogen (secondary N) is 1. The summed E-state index contributed by atoms with van der Waals surface area (Å²) in [5, 5.41) is 6.72. The number of aromatic nitrogens is 4. The van der Waals surface area contributed by atoms with Gasteiger partial charge in [-0.15, -0.1) is 0 Å². The van der Waals surface area contributed by atoms with Gasteiger partial charge in [0.15, 0.2) is 11.5 Å². The Morgan fingerprint density at radius 3 is 2.52 bits per heavy atom. The molecule has 0 saturated heterocycles. The zero-order valence-corrected chi connectivity index (χ0v) is 17.2.